The van der Waals surface area contributed by atoms with E-state index < -0.39 is 5.60 Å². The topological polar surface area (TPSA) is 26.3 Å². The number of ketones is 1. The van der Waals surface area contributed by atoms with Crippen molar-refractivity contribution in [3.63, 3.8) is 0 Å². The number of carbonyl (C=O) groups is 1. The summed E-state index contributed by atoms with van der Waals surface area (Å²) in [6.45, 7) is 4.36. The Bertz CT molecular complexity index is 425. The molecule has 0 N–H and O–H groups in total. The van der Waals surface area contributed by atoms with Gasteiger partial charge in [0.2, 0.25) is 0 Å². The quantitative estimate of drug-likeness (QED) is 0.803. The lowest BCUT2D eigenvalue weighted by Crippen LogP contribution is -2.38. The predicted molar refractivity (Wildman–Crippen MR) is 77.5 cm³/mol. The molecule has 1 fully saturated rings. The number of hydrogen-bond acceptors (Lipinski definition) is 2. The molecule has 0 atom stereocenters. The highest BCUT2D eigenvalue weighted by molar-refractivity contribution is 5.89. The molecule has 104 valence electrons. The summed E-state index contributed by atoms with van der Waals surface area (Å²) in [5.41, 5.74) is 1.91. The average molecular weight is 260 g/mol. The molecule has 0 saturated heterocycles. The molecule has 2 rings (SSSR count). The van der Waals surface area contributed by atoms with Crippen molar-refractivity contribution in [3.8, 4) is 0 Å². The van der Waals surface area contributed by atoms with Crippen LogP contribution in [0.1, 0.15) is 56.6 Å². The van der Waals surface area contributed by atoms with Crippen molar-refractivity contribution in [3.05, 3.63) is 35.4 Å². The molecule has 1 aromatic carbocycles. The molecule has 2 heteroatoms. The number of benzene rings is 1. The van der Waals surface area contributed by atoms with Gasteiger partial charge >= 0.3 is 0 Å². The van der Waals surface area contributed by atoms with Crippen LogP contribution in [0, 0.1) is 0 Å². The van der Waals surface area contributed by atoms with E-state index in [0.717, 1.165) is 31.2 Å². The normalized spacial score (nSPS) is 17.9. The van der Waals surface area contributed by atoms with Gasteiger partial charge in [0.1, 0.15) is 5.60 Å². The molecule has 1 aliphatic rings. The SMILES string of the molecule is COC1(C(=O)Cc2ccc(C(C)C)cc2)CCCC1. The number of rotatable bonds is 5. The Morgan fingerprint density at radius 3 is 2.26 bits per heavy atom. The summed E-state index contributed by atoms with van der Waals surface area (Å²) in [5.74, 6) is 0.773. The maximum atomic E-state index is 12.5. The highest BCUT2D eigenvalue weighted by Gasteiger charge is 2.40. The molecule has 0 unspecified atom stereocenters. The van der Waals surface area contributed by atoms with Gasteiger partial charge in [-0.2, -0.15) is 0 Å². The van der Waals surface area contributed by atoms with E-state index in [1.165, 1.54) is 5.56 Å². The fraction of sp³-hybridized carbons (Fsp3) is 0.588. The van der Waals surface area contributed by atoms with Crippen LogP contribution in [-0.4, -0.2) is 18.5 Å². The maximum Gasteiger partial charge on any atom is 0.168 e. The van der Waals surface area contributed by atoms with Crippen LogP contribution in [0.3, 0.4) is 0 Å². The van der Waals surface area contributed by atoms with Crippen LogP contribution in [0.25, 0.3) is 0 Å². The summed E-state index contributed by atoms with van der Waals surface area (Å²) < 4.78 is 5.55. The fourth-order valence-electron chi connectivity index (χ4n) is 2.91. The van der Waals surface area contributed by atoms with Gasteiger partial charge < -0.3 is 4.74 Å². The third-order valence-corrected chi connectivity index (χ3v) is 4.32. The smallest absolute Gasteiger partial charge is 0.168 e. The third-order valence-electron chi connectivity index (χ3n) is 4.32. The number of hydrogen-bond donors (Lipinski definition) is 0. The summed E-state index contributed by atoms with van der Waals surface area (Å²) in [5, 5.41) is 0. The molecule has 0 bridgehead atoms. The molecule has 0 amide bonds. The first-order valence-corrected chi connectivity index (χ1v) is 7.25. The molecular formula is C17H24O2. The minimum absolute atomic E-state index is 0.241. The first-order valence-electron chi connectivity index (χ1n) is 7.25. The molecule has 0 spiro atoms. The van der Waals surface area contributed by atoms with Crippen molar-refractivity contribution in [1.82, 2.24) is 0 Å². The second kappa shape index (κ2) is 5.87. The van der Waals surface area contributed by atoms with Crippen LogP contribution in [-0.2, 0) is 16.0 Å². The van der Waals surface area contributed by atoms with Gasteiger partial charge in [-0.1, -0.05) is 38.1 Å². The number of methoxy groups -OCH3 is 1. The molecule has 19 heavy (non-hydrogen) atoms. The molecule has 0 aromatic heterocycles. The Hall–Kier alpha value is -1.15. The van der Waals surface area contributed by atoms with Crippen molar-refractivity contribution in [2.24, 2.45) is 0 Å². The van der Waals surface area contributed by atoms with Gasteiger partial charge in [-0.05, 0) is 42.7 Å². The van der Waals surface area contributed by atoms with Crippen molar-refractivity contribution in [1.29, 1.82) is 0 Å². The highest BCUT2D eigenvalue weighted by atomic mass is 16.5. The Labute approximate surface area is 116 Å². The van der Waals surface area contributed by atoms with Crippen LogP contribution in [0.4, 0.5) is 0 Å². The maximum absolute atomic E-state index is 12.5. The molecule has 1 saturated carbocycles. The first-order chi connectivity index (χ1) is 9.07. The molecule has 0 aliphatic heterocycles. The minimum Gasteiger partial charge on any atom is -0.370 e. The summed E-state index contributed by atoms with van der Waals surface area (Å²) in [7, 11) is 1.67. The fourth-order valence-corrected chi connectivity index (χ4v) is 2.91. The Balaban J connectivity index is 2.06. The Kier molecular flexibility index (Phi) is 4.41. The van der Waals surface area contributed by atoms with E-state index in [1.807, 2.05) is 0 Å². The summed E-state index contributed by atoms with van der Waals surface area (Å²) in [4.78, 5) is 12.5. The van der Waals surface area contributed by atoms with E-state index in [2.05, 4.69) is 38.1 Å². The number of carbonyl (C=O) groups excluding carboxylic acids is 1. The molecule has 1 aromatic rings. The average Bonchev–Trinajstić information content (AvgIpc) is 2.89. The second-order valence-corrected chi connectivity index (χ2v) is 5.90. The van der Waals surface area contributed by atoms with Crippen molar-refractivity contribution < 1.29 is 9.53 Å². The van der Waals surface area contributed by atoms with Crippen molar-refractivity contribution in [2.45, 2.75) is 57.5 Å². The number of Topliss-reactive ketones (excluding diaryl/α,β-unsaturated/α-hetero) is 1. The highest BCUT2D eigenvalue weighted by Crippen LogP contribution is 2.34. The lowest BCUT2D eigenvalue weighted by Gasteiger charge is -2.25. The molecule has 0 radical (unpaired) electrons. The van der Waals surface area contributed by atoms with Crippen LogP contribution >= 0.6 is 0 Å². The largest absolute Gasteiger partial charge is 0.370 e. The first kappa shape index (κ1) is 14.3. The zero-order valence-electron chi connectivity index (χ0n) is 12.2. The Morgan fingerprint density at radius 1 is 1.21 bits per heavy atom. The van der Waals surface area contributed by atoms with Gasteiger partial charge in [0, 0.05) is 13.5 Å². The van der Waals surface area contributed by atoms with Gasteiger partial charge in [-0.15, -0.1) is 0 Å². The number of ether oxygens (including phenoxy) is 1. The van der Waals surface area contributed by atoms with Crippen LogP contribution in [0.15, 0.2) is 24.3 Å². The summed E-state index contributed by atoms with van der Waals surface area (Å²) in [6, 6.07) is 8.40. The standard InChI is InChI=1S/C17H24O2/c1-13(2)15-8-6-14(7-9-15)12-16(18)17(19-3)10-4-5-11-17/h6-9,13H,4-5,10-12H2,1-3H3. The molecule has 0 heterocycles. The van der Waals surface area contributed by atoms with Gasteiger partial charge in [0.25, 0.3) is 0 Å². The van der Waals surface area contributed by atoms with Crippen molar-refractivity contribution in [2.75, 3.05) is 7.11 Å². The Morgan fingerprint density at radius 2 is 1.79 bits per heavy atom. The van der Waals surface area contributed by atoms with E-state index in [1.54, 1.807) is 7.11 Å². The zero-order chi connectivity index (χ0) is 13.9. The van der Waals surface area contributed by atoms with E-state index >= 15 is 0 Å². The van der Waals surface area contributed by atoms with Crippen molar-refractivity contribution >= 4 is 5.78 Å². The third kappa shape index (κ3) is 3.06. The molecular weight excluding hydrogens is 236 g/mol. The van der Waals surface area contributed by atoms with Gasteiger partial charge in [-0.25, -0.2) is 0 Å². The van der Waals surface area contributed by atoms with Gasteiger partial charge in [-0.3, -0.25) is 4.79 Å². The molecule has 1 aliphatic carbocycles. The zero-order valence-corrected chi connectivity index (χ0v) is 12.2. The van der Waals surface area contributed by atoms with E-state index in [-0.39, 0.29) is 5.78 Å². The van der Waals surface area contributed by atoms with Gasteiger partial charge in [0.05, 0.1) is 0 Å². The van der Waals surface area contributed by atoms with Crippen LogP contribution in [0.5, 0.6) is 0 Å². The lowest BCUT2D eigenvalue weighted by atomic mass is 9.91. The van der Waals surface area contributed by atoms with Crippen LogP contribution in [0.2, 0.25) is 0 Å². The van der Waals surface area contributed by atoms with Gasteiger partial charge in [0.15, 0.2) is 5.78 Å². The van der Waals surface area contributed by atoms with E-state index in [0.29, 0.717) is 12.3 Å². The molecule has 2 nitrogen and oxygen atoms in total. The predicted octanol–water partition coefficient (Wildman–Crippen LogP) is 3.88. The van der Waals surface area contributed by atoms with E-state index in [4.69, 9.17) is 4.74 Å². The second-order valence-electron chi connectivity index (χ2n) is 5.90. The monoisotopic (exact) mass is 260 g/mol. The lowest BCUT2D eigenvalue weighted by molar-refractivity contribution is -0.139. The van der Waals surface area contributed by atoms with E-state index in [9.17, 15) is 4.79 Å². The summed E-state index contributed by atoms with van der Waals surface area (Å²) >= 11 is 0. The summed E-state index contributed by atoms with van der Waals surface area (Å²) in [6.07, 6.45) is 4.46. The van der Waals surface area contributed by atoms with Crippen LogP contribution < -0.4 is 0 Å². The minimum atomic E-state index is -0.503.